The van der Waals surface area contributed by atoms with E-state index in [2.05, 4.69) is 59.2 Å². The summed E-state index contributed by atoms with van der Waals surface area (Å²) in [6.07, 6.45) is 3.57. The van der Waals surface area contributed by atoms with E-state index < -0.39 is 0 Å². The predicted octanol–water partition coefficient (Wildman–Crippen LogP) is 3.38. The van der Waals surface area contributed by atoms with Gasteiger partial charge in [0.25, 0.3) is 0 Å². The summed E-state index contributed by atoms with van der Waals surface area (Å²) in [4.78, 5) is 0. The Bertz CT molecular complexity index is 549. The number of hydrogen-bond acceptors (Lipinski definition) is 2. The molecule has 0 bridgehead atoms. The number of aryl methyl sites for hydroxylation is 1. The first-order chi connectivity index (χ1) is 9.92. The van der Waals surface area contributed by atoms with Gasteiger partial charge in [0, 0.05) is 18.8 Å². The number of anilines is 1. The molecule has 0 saturated carbocycles. The first-order valence-electron chi connectivity index (χ1n) is 7.52. The molecule has 0 spiro atoms. The van der Waals surface area contributed by atoms with E-state index in [9.17, 15) is 0 Å². The topological polar surface area (TPSA) is 24.1 Å². The van der Waals surface area contributed by atoms with Crippen LogP contribution in [-0.2, 0) is 19.4 Å². The van der Waals surface area contributed by atoms with Crippen LogP contribution in [0.15, 0.2) is 48.5 Å². The molecule has 0 aromatic heterocycles. The molecule has 0 amide bonds. The highest BCUT2D eigenvalue weighted by atomic mass is 14.9. The first-order valence-corrected chi connectivity index (χ1v) is 7.52. The second kappa shape index (κ2) is 6.58. The lowest BCUT2D eigenvalue weighted by atomic mass is 9.99. The van der Waals surface area contributed by atoms with Crippen molar-refractivity contribution in [3.8, 4) is 0 Å². The Balaban J connectivity index is 1.49. The molecule has 0 aliphatic carbocycles. The molecule has 2 heteroatoms. The zero-order valence-corrected chi connectivity index (χ0v) is 11.9. The first kappa shape index (κ1) is 13.2. The third kappa shape index (κ3) is 3.40. The molecule has 2 N–H and O–H groups in total. The Morgan fingerprint density at radius 2 is 1.90 bits per heavy atom. The van der Waals surface area contributed by atoms with Gasteiger partial charge < -0.3 is 10.6 Å². The van der Waals surface area contributed by atoms with Crippen molar-refractivity contribution in [1.29, 1.82) is 0 Å². The van der Waals surface area contributed by atoms with Gasteiger partial charge in [-0.1, -0.05) is 42.5 Å². The fourth-order valence-corrected chi connectivity index (χ4v) is 2.75. The maximum atomic E-state index is 3.51. The minimum Gasteiger partial charge on any atom is -0.385 e. The highest BCUT2D eigenvalue weighted by Gasteiger charge is 2.08. The van der Waals surface area contributed by atoms with Gasteiger partial charge in [0.2, 0.25) is 0 Å². The Morgan fingerprint density at radius 3 is 2.80 bits per heavy atom. The highest BCUT2D eigenvalue weighted by Crippen LogP contribution is 2.22. The maximum Gasteiger partial charge on any atom is 0.0372 e. The molecule has 1 aliphatic rings. The highest BCUT2D eigenvalue weighted by molar-refractivity contribution is 5.54. The molecule has 0 fully saturated rings. The van der Waals surface area contributed by atoms with Crippen LogP contribution in [0.4, 0.5) is 5.69 Å². The zero-order valence-electron chi connectivity index (χ0n) is 11.9. The van der Waals surface area contributed by atoms with E-state index >= 15 is 0 Å². The average molecular weight is 266 g/mol. The number of nitrogens with one attached hydrogen (secondary N) is 2. The Kier molecular flexibility index (Phi) is 4.34. The van der Waals surface area contributed by atoms with Crippen molar-refractivity contribution in [2.24, 2.45) is 0 Å². The number of fused-ring (bicyclic) bond motifs is 1. The van der Waals surface area contributed by atoms with Gasteiger partial charge in [0.1, 0.15) is 0 Å². The predicted molar refractivity (Wildman–Crippen MR) is 85.1 cm³/mol. The van der Waals surface area contributed by atoms with Crippen molar-refractivity contribution in [2.45, 2.75) is 25.8 Å². The van der Waals surface area contributed by atoms with Crippen LogP contribution in [0.2, 0.25) is 0 Å². The SMILES string of the molecule is c1ccc(CNCCc2ccc3c(c2)CCCN3)cc1. The van der Waals surface area contributed by atoms with Crippen LogP contribution >= 0.6 is 0 Å². The molecular weight excluding hydrogens is 244 g/mol. The van der Waals surface area contributed by atoms with Crippen molar-refractivity contribution >= 4 is 5.69 Å². The Hall–Kier alpha value is -1.80. The molecule has 3 rings (SSSR count). The van der Waals surface area contributed by atoms with Crippen LogP contribution in [-0.4, -0.2) is 13.1 Å². The number of rotatable bonds is 5. The fraction of sp³-hybridized carbons (Fsp3) is 0.333. The van der Waals surface area contributed by atoms with Crippen molar-refractivity contribution in [2.75, 3.05) is 18.4 Å². The van der Waals surface area contributed by atoms with Gasteiger partial charge in [-0.05, 0) is 48.6 Å². The van der Waals surface area contributed by atoms with Gasteiger partial charge in [0.15, 0.2) is 0 Å². The molecule has 0 saturated heterocycles. The maximum absolute atomic E-state index is 3.51. The quantitative estimate of drug-likeness (QED) is 0.811. The molecule has 0 unspecified atom stereocenters. The van der Waals surface area contributed by atoms with Crippen LogP contribution in [0.25, 0.3) is 0 Å². The summed E-state index contributed by atoms with van der Waals surface area (Å²) >= 11 is 0. The lowest BCUT2D eigenvalue weighted by Gasteiger charge is -2.18. The van der Waals surface area contributed by atoms with Gasteiger partial charge in [-0.3, -0.25) is 0 Å². The number of benzene rings is 2. The largest absolute Gasteiger partial charge is 0.385 e. The Labute approximate surface area is 121 Å². The van der Waals surface area contributed by atoms with E-state index in [1.807, 2.05) is 0 Å². The second-order valence-corrected chi connectivity index (χ2v) is 5.43. The van der Waals surface area contributed by atoms with Crippen LogP contribution in [0, 0.1) is 0 Å². The third-order valence-corrected chi connectivity index (χ3v) is 3.87. The van der Waals surface area contributed by atoms with Crippen molar-refractivity contribution in [3.05, 3.63) is 65.2 Å². The van der Waals surface area contributed by atoms with Gasteiger partial charge in [-0.15, -0.1) is 0 Å². The molecule has 2 nitrogen and oxygen atoms in total. The van der Waals surface area contributed by atoms with Gasteiger partial charge in [-0.25, -0.2) is 0 Å². The van der Waals surface area contributed by atoms with E-state index in [4.69, 9.17) is 0 Å². The normalized spacial score (nSPS) is 13.6. The molecule has 0 atom stereocenters. The zero-order chi connectivity index (χ0) is 13.6. The van der Waals surface area contributed by atoms with E-state index in [0.717, 1.165) is 26.1 Å². The summed E-state index contributed by atoms with van der Waals surface area (Å²) in [7, 11) is 0. The van der Waals surface area contributed by atoms with E-state index in [-0.39, 0.29) is 0 Å². The second-order valence-electron chi connectivity index (χ2n) is 5.43. The van der Waals surface area contributed by atoms with Crippen LogP contribution in [0.1, 0.15) is 23.1 Å². The smallest absolute Gasteiger partial charge is 0.0372 e. The van der Waals surface area contributed by atoms with E-state index in [1.54, 1.807) is 0 Å². The molecule has 104 valence electrons. The number of hydrogen-bond donors (Lipinski definition) is 2. The molecule has 1 heterocycles. The van der Waals surface area contributed by atoms with Crippen molar-refractivity contribution in [3.63, 3.8) is 0 Å². The molecule has 1 aliphatic heterocycles. The van der Waals surface area contributed by atoms with E-state index in [1.165, 1.54) is 35.2 Å². The summed E-state index contributed by atoms with van der Waals surface area (Å²) in [5.41, 5.74) is 5.60. The molecular formula is C18H22N2. The van der Waals surface area contributed by atoms with Gasteiger partial charge in [0.05, 0.1) is 0 Å². The summed E-state index contributed by atoms with van der Waals surface area (Å²) in [5, 5.41) is 6.98. The third-order valence-electron chi connectivity index (χ3n) is 3.87. The fourth-order valence-electron chi connectivity index (χ4n) is 2.75. The summed E-state index contributed by atoms with van der Waals surface area (Å²) < 4.78 is 0. The lowest BCUT2D eigenvalue weighted by Crippen LogP contribution is -2.17. The molecule has 2 aromatic rings. The van der Waals surface area contributed by atoms with Crippen LogP contribution in [0.5, 0.6) is 0 Å². The average Bonchev–Trinajstić information content (AvgIpc) is 2.52. The van der Waals surface area contributed by atoms with Gasteiger partial charge in [-0.2, -0.15) is 0 Å². The van der Waals surface area contributed by atoms with E-state index in [0.29, 0.717) is 0 Å². The summed E-state index contributed by atoms with van der Waals surface area (Å²) in [6.45, 7) is 3.10. The van der Waals surface area contributed by atoms with Crippen LogP contribution < -0.4 is 10.6 Å². The van der Waals surface area contributed by atoms with Gasteiger partial charge >= 0.3 is 0 Å². The molecule has 20 heavy (non-hydrogen) atoms. The monoisotopic (exact) mass is 266 g/mol. The van der Waals surface area contributed by atoms with Crippen molar-refractivity contribution < 1.29 is 0 Å². The molecule has 0 radical (unpaired) electrons. The minimum absolute atomic E-state index is 0.952. The minimum atomic E-state index is 0.952. The Morgan fingerprint density at radius 1 is 1.00 bits per heavy atom. The molecule has 2 aromatic carbocycles. The summed E-state index contributed by atoms with van der Waals surface area (Å²) in [5.74, 6) is 0. The summed E-state index contributed by atoms with van der Waals surface area (Å²) in [6, 6.07) is 17.4. The van der Waals surface area contributed by atoms with Crippen molar-refractivity contribution in [1.82, 2.24) is 5.32 Å². The van der Waals surface area contributed by atoms with Crippen LogP contribution in [0.3, 0.4) is 0 Å². The lowest BCUT2D eigenvalue weighted by molar-refractivity contribution is 0.686. The standard InChI is InChI=1S/C18H22N2/c1-2-5-16(6-3-1)14-19-12-10-15-8-9-18-17(13-15)7-4-11-20-18/h1-3,5-6,8-9,13,19-20H,4,7,10-12,14H2.